The predicted molar refractivity (Wildman–Crippen MR) is 111 cm³/mol. The van der Waals surface area contributed by atoms with Crippen LogP contribution in [0.1, 0.15) is 15.9 Å². The van der Waals surface area contributed by atoms with E-state index in [0.717, 1.165) is 11.3 Å². The van der Waals surface area contributed by atoms with Crippen LogP contribution in [0.4, 0.5) is 11.4 Å². The highest BCUT2D eigenvalue weighted by atomic mass is 35.5. The Balaban J connectivity index is 1.55. The van der Waals surface area contributed by atoms with Gasteiger partial charge in [0, 0.05) is 12.2 Å². The maximum atomic E-state index is 13.0. The van der Waals surface area contributed by atoms with Crippen LogP contribution in [0.15, 0.2) is 77.7 Å². The van der Waals surface area contributed by atoms with E-state index in [1.807, 2.05) is 24.3 Å². The van der Waals surface area contributed by atoms with Crippen molar-refractivity contribution in [3.8, 4) is 0 Å². The van der Waals surface area contributed by atoms with Gasteiger partial charge in [-0.05, 0) is 54.4 Å². The molecular formula is C21H17ClN2O3S. The Bertz CT molecular complexity index is 1140. The van der Waals surface area contributed by atoms with Gasteiger partial charge in [0.2, 0.25) is 0 Å². The molecule has 7 heteroatoms. The van der Waals surface area contributed by atoms with Crippen molar-refractivity contribution in [3.63, 3.8) is 0 Å². The normalized spacial score (nSPS) is 13.2. The average molecular weight is 413 g/mol. The summed E-state index contributed by atoms with van der Waals surface area (Å²) in [6, 6.07) is 20.4. The van der Waals surface area contributed by atoms with Crippen molar-refractivity contribution < 1.29 is 13.2 Å². The molecular weight excluding hydrogens is 396 g/mol. The predicted octanol–water partition coefficient (Wildman–Crippen LogP) is 4.34. The second kappa shape index (κ2) is 7.30. The number of nitrogens with zero attached hydrogens (tertiary/aromatic N) is 1. The van der Waals surface area contributed by atoms with Crippen LogP contribution in [0.5, 0.6) is 0 Å². The number of hydrogen-bond acceptors (Lipinski definition) is 3. The Labute approximate surface area is 168 Å². The quantitative estimate of drug-likeness (QED) is 0.693. The Morgan fingerprint density at radius 3 is 2.36 bits per heavy atom. The summed E-state index contributed by atoms with van der Waals surface area (Å²) in [5.74, 6) is -0.352. The Morgan fingerprint density at radius 2 is 1.61 bits per heavy atom. The van der Waals surface area contributed by atoms with Crippen LogP contribution in [0.25, 0.3) is 0 Å². The molecule has 0 atom stereocenters. The molecule has 1 heterocycles. The van der Waals surface area contributed by atoms with Crippen LogP contribution in [-0.4, -0.2) is 20.9 Å². The lowest BCUT2D eigenvalue weighted by Gasteiger charge is -2.19. The third kappa shape index (κ3) is 3.37. The lowest BCUT2D eigenvalue weighted by molar-refractivity contribution is 0.102. The zero-order valence-electron chi connectivity index (χ0n) is 14.8. The number of carbonyl (C=O) groups excluding carboxylic acids is 1. The molecule has 0 radical (unpaired) electrons. The molecule has 3 aromatic rings. The van der Waals surface area contributed by atoms with E-state index in [1.54, 1.807) is 36.4 Å². The van der Waals surface area contributed by atoms with Crippen LogP contribution in [0.2, 0.25) is 5.02 Å². The van der Waals surface area contributed by atoms with E-state index in [2.05, 4.69) is 5.32 Å². The van der Waals surface area contributed by atoms with Crippen molar-refractivity contribution in [2.45, 2.75) is 11.3 Å². The summed E-state index contributed by atoms with van der Waals surface area (Å²) in [6.45, 7) is 0.423. The summed E-state index contributed by atoms with van der Waals surface area (Å²) in [5, 5.41) is 3.08. The number of sulfonamides is 1. The number of nitrogens with one attached hydrogen (secondary N) is 1. The number of fused-ring (bicyclic) bond motifs is 1. The lowest BCUT2D eigenvalue weighted by Crippen LogP contribution is -2.29. The van der Waals surface area contributed by atoms with Crippen LogP contribution in [0, 0.1) is 0 Å². The standard InChI is InChI=1S/C21H17ClN2O3S/c22-19-7-3-2-6-18(19)21(25)23-16-9-11-17(12-10-16)28(26,27)24-14-13-15-5-1-4-8-20(15)24/h1-12H,13-14H2,(H,23,25). The fourth-order valence-corrected chi connectivity index (χ4v) is 4.96. The Hall–Kier alpha value is -2.83. The van der Waals surface area contributed by atoms with E-state index in [4.69, 9.17) is 11.6 Å². The van der Waals surface area contributed by atoms with Gasteiger partial charge in [-0.1, -0.05) is 41.9 Å². The molecule has 0 aliphatic carbocycles. The Morgan fingerprint density at radius 1 is 0.929 bits per heavy atom. The summed E-state index contributed by atoms with van der Waals surface area (Å²) in [4.78, 5) is 12.5. The van der Waals surface area contributed by atoms with Gasteiger partial charge >= 0.3 is 0 Å². The highest BCUT2D eigenvalue weighted by Crippen LogP contribution is 2.32. The van der Waals surface area contributed by atoms with Gasteiger partial charge < -0.3 is 5.32 Å². The fraction of sp³-hybridized carbons (Fsp3) is 0.0952. The highest BCUT2D eigenvalue weighted by Gasteiger charge is 2.30. The molecule has 142 valence electrons. The molecule has 0 fully saturated rings. The fourth-order valence-electron chi connectivity index (χ4n) is 3.24. The van der Waals surface area contributed by atoms with Crippen LogP contribution in [0.3, 0.4) is 0 Å². The van der Waals surface area contributed by atoms with E-state index < -0.39 is 10.0 Å². The highest BCUT2D eigenvalue weighted by molar-refractivity contribution is 7.92. The van der Waals surface area contributed by atoms with Crippen molar-refractivity contribution in [3.05, 3.63) is 88.9 Å². The van der Waals surface area contributed by atoms with E-state index in [1.165, 1.54) is 16.4 Å². The largest absolute Gasteiger partial charge is 0.322 e. The summed E-state index contributed by atoms with van der Waals surface area (Å²) in [7, 11) is -3.66. The van der Waals surface area contributed by atoms with Crippen molar-refractivity contribution in [1.82, 2.24) is 0 Å². The number of carbonyl (C=O) groups is 1. The number of amides is 1. The maximum absolute atomic E-state index is 13.0. The summed E-state index contributed by atoms with van der Waals surface area (Å²) in [5.41, 5.74) is 2.59. The molecule has 4 rings (SSSR count). The number of halogens is 1. The van der Waals surface area contributed by atoms with Gasteiger partial charge in [0.25, 0.3) is 15.9 Å². The first-order valence-corrected chi connectivity index (χ1v) is 10.6. The maximum Gasteiger partial charge on any atom is 0.264 e. The topological polar surface area (TPSA) is 66.5 Å². The van der Waals surface area contributed by atoms with E-state index in [0.29, 0.717) is 29.2 Å². The summed E-state index contributed by atoms with van der Waals surface area (Å²) < 4.78 is 27.5. The van der Waals surface area contributed by atoms with Gasteiger partial charge in [-0.2, -0.15) is 0 Å². The van der Waals surface area contributed by atoms with E-state index in [-0.39, 0.29) is 10.8 Å². The number of para-hydroxylation sites is 1. The SMILES string of the molecule is O=C(Nc1ccc(S(=O)(=O)N2CCc3ccccc32)cc1)c1ccccc1Cl. The Kier molecular flexibility index (Phi) is 4.83. The van der Waals surface area contributed by atoms with Gasteiger partial charge in [-0.3, -0.25) is 9.10 Å². The van der Waals surface area contributed by atoms with Crippen LogP contribution >= 0.6 is 11.6 Å². The molecule has 3 aromatic carbocycles. The first-order chi connectivity index (χ1) is 13.5. The molecule has 5 nitrogen and oxygen atoms in total. The van der Waals surface area contributed by atoms with Gasteiger partial charge in [0.15, 0.2) is 0 Å². The molecule has 0 saturated heterocycles. The second-order valence-corrected chi connectivity index (χ2v) is 8.68. The minimum Gasteiger partial charge on any atom is -0.322 e. The molecule has 0 unspecified atom stereocenters. The van der Waals surface area contributed by atoms with E-state index >= 15 is 0 Å². The zero-order valence-corrected chi connectivity index (χ0v) is 16.4. The van der Waals surface area contributed by atoms with Crippen LogP contribution in [-0.2, 0) is 16.4 Å². The van der Waals surface area contributed by atoms with Gasteiger partial charge in [-0.25, -0.2) is 8.42 Å². The van der Waals surface area contributed by atoms with Crippen molar-refractivity contribution in [2.75, 3.05) is 16.2 Å². The number of anilines is 2. The molecule has 28 heavy (non-hydrogen) atoms. The van der Waals surface area contributed by atoms with Crippen molar-refractivity contribution in [2.24, 2.45) is 0 Å². The molecule has 1 aliphatic heterocycles. The van der Waals surface area contributed by atoms with Crippen LogP contribution < -0.4 is 9.62 Å². The number of hydrogen-bond donors (Lipinski definition) is 1. The third-order valence-electron chi connectivity index (χ3n) is 4.66. The molecule has 0 saturated carbocycles. The molecule has 0 spiro atoms. The van der Waals surface area contributed by atoms with Gasteiger partial charge in [-0.15, -0.1) is 0 Å². The third-order valence-corrected chi connectivity index (χ3v) is 6.82. The lowest BCUT2D eigenvalue weighted by atomic mass is 10.2. The number of rotatable bonds is 4. The monoisotopic (exact) mass is 412 g/mol. The average Bonchev–Trinajstić information content (AvgIpc) is 3.14. The smallest absolute Gasteiger partial charge is 0.264 e. The molecule has 1 N–H and O–H groups in total. The van der Waals surface area contributed by atoms with E-state index in [9.17, 15) is 13.2 Å². The molecule has 1 aliphatic rings. The van der Waals surface area contributed by atoms with Gasteiger partial charge in [0.05, 0.1) is 21.2 Å². The first kappa shape index (κ1) is 18.5. The minimum atomic E-state index is -3.66. The van der Waals surface area contributed by atoms with Crippen molar-refractivity contribution in [1.29, 1.82) is 0 Å². The molecule has 0 bridgehead atoms. The number of benzene rings is 3. The first-order valence-electron chi connectivity index (χ1n) is 8.73. The second-order valence-electron chi connectivity index (χ2n) is 6.41. The molecule has 0 aromatic heterocycles. The zero-order chi connectivity index (χ0) is 19.7. The summed E-state index contributed by atoms with van der Waals surface area (Å²) in [6.07, 6.45) is 0.696. The van der Waals surface area contributed by atoms with Crippen molar-refractivity contribution >= 4 is 38.9 Å². The minimum absolute atomic E-state index is 0.181. The molecule has 1 amide bonds. The summed E-state index contributed by atoms with van der Waals surface area (Å²) >= 11 is 6.04. The van der Waals surface area contributed by atoms with Gasteiger partial charge in [0.1, 0.15) is 0 Å².